The highest BCUT2D eigenvalue weighted by Gasteiger charge is 2.20. The third kappa shape index (κ3) is 4.35. The number of thiophene rings is 1. The molecule has 0 atom stereocenters. The van der Waals surface area contributed by atoms with Gasteiger partial charge in [0, 0.05) is 59.5 Å². The van der Waals surface area contributed by atoms with Crippen LogP contribution in [0.3, 0.4) is 0 Å². The van der Waals surface area contributed by atoms with Crippen LogP contribution in [-0.4, -0.2) is 0 Å². The van der Waals surface area contributed by atoms with E-state index >= 15 is 0 Å². The minimum absolute atomic E-state index is 0.878. The summed E-state index contributed by atoms with van der Waals surface area (Å²) in [5.74, 6) is 0. The predicted octanol–water partition coefficient (Wildman–Crippen LogP) is 14.6. The summed E-state index contributed by atoms with van der Waals surface area (Å²) < 4.78 is 9.45. The van der Waals surface area contributed by atoms with Gasteiger partial charge in [-0.2, -0.15) is 0 Å². The highest BCUT2D eigenvalue weighted by molar-refractivity contribution is 7.26. The SMILES string of the molecule is c1ccc(-c2ccc(N(c3ccc4c(c3)oc3c5ccccc5c5ccccc5c43)c3ccc4sc5ccc6ccccc6c5c4c3)cc2)cc1. The van der Waals surface area contributed by atoms with Gasteiger partial charge >= 0.3 is 0 Å². The van der Waals surface area contributed by atoms with Crippen LogP contribution in [0.2, 0.25) is 0 Å². The first kappa shape index (κ1) is 28.4. The number of nitrogens with zero attached hydrogens (tertiary/aromatic N) is 1. The van der Waals surface area contributed by atoms with E-state index in [1.165, 1.54) is 63.6 Å². The summed E-state index contributed by atoms with van der Waals surface area (Å²) in [7, 11) is 0. The summed E-state index contributed by atoms with van der Waals surface area (Å²) >= 11 is 1.86. The Hall–Kier alpha value is -6.42. The Kier molecular flexibility index (Phi) is 6.16. The average molecular weight is 668 g/mol. The Morgan fingerprint density at radius 3 is 1.80 bits per heavy atom. The van der Waals surface area contributed by atoms with Gasteiger partial charge in [-0.25, -0.2) is 0 Å². The fraction of sp³-hybridized carbons (Fsp3) is 0. The molecule has 2 nitrogen and oxygen atoms in total. The van der Waals surface area contributed by atoms with Crippen LogP contribution < -0.4 is 4.90 Å². The van der Waals surface area contributed by atoms with E-state index < -0.39 is 0 Å². The molecule has 0 fully saturated rings. The van der Waals surface area contributed by atoms with Gasteiger partial charge in [0.25, 0.3) is 0 Å². The topological polar surface area (TPSA) is 16.4 Å². The summed E-state index contributed by atoms with van der Waals surface area (Å²) in [5.41, 5.74) is 7.45. The highest BCUT2D eigenvalue weighted by atomic mass is 32.1. The first-order chi connectivity index (χ1) is 25.3. The molecule has 9 aromatic carbocycles. The third-order valence-corrected chi connectivity index (χ3v) is 11.6. The maximum Gasteiger partial charge on any atom is 0.143 e. The molecule has 0 bridgehead atoms. The van der Waals surface area contributed by atoms with Gasteiger partial charge in [0.05, 0.1) is 0 Å². The normalized spacial score (nSPS) is 11.9. The van der Waals surface area contributed by atoms with E-state index in [9.17, 15) is 0 Å². The molecule has 3 heteroatoms. The van der Waals surface area contributed by atoms with Crippen molar-refractivity contribution in [3.63, 3.8) is 0 Å². The molecule has 0 aliphatic carbocycles. The number of hydrogen-bond acceptors (Lipinski definition) is 3. The minimum atomic E-state index is 0.878. The van der Waals surface area contributed by atoms with Crippen molar-refractivity contribution in [3.05, 3.63) is 176 Å². The zero-order chi connectivity index (χ0) is 33.5. The number of rotatable bonds is 4. The summed E-state index contributed by atoms with van der Waals surface area (Å²) in [6, 6.07) is 63.6. The Labute approximate surface area is 298 Å². The molecule has 238 valence electrons. The lowest BCUT2D eigenvalue weighted by molar-refractivity contribution is 0.673. The monoisotopic (exact) mass is 667 g/mol. The van der Waals surface area contributed by atoms with Crippen LogP contribution >= 0.6 is 11.3 Å². The van der Waals surface area contributed by atoms with E-state index in [0.29, 0.717) is 0 Å². The molecule has 0 saturated carbocycles. The van der Waals surface area contributed by atoms with Gasteiger partial charge in [-0.3, -0.25) is 0 Å². The molecular weight excluding hydrogens is 639 g/mol. The molecule has 0 aliphatic rings. The van der Waals surface area contributed by atoms with Crippen molar-refractivity contribution >= 4 is 103 Å². The van der Waals surface area contributed by atoms with Crippen LogP contribution in [0.4, 0.5) is 17.1 Å². The smallest absolute Gasteiger partial charge is 0.143 e. The Balaban J connectivity index is 1.15. The zero-order valence-electron chi connectivity index (χ0n) is 27.5. The van der Waals surface area contributed by atoms with Gasteiger partial charge in [-0.05, 0) is 86.6 Å². The molecule has 0 N–H and O–H groups in total. The van der Waals surface area contributed by atoms with Crippen LogP contribution in [-0.2, 0) is 0 Å². The highest BCUT2D eigenvalue weighted by Crippen LogP contribution is 2.46. The van der Waals surface area contributed by atoms with Crippen LogP contribution in [0.1, 0.15) is 0 Å². The van der Waals surface area contributed by atoms with Crippen molar-refractivity contribution in [2.45, 2.75) is 0 Å². The van der Waals surface area contributed by atoms with Crippen molar-refractivity contribution in [2.75, 3.05) is 4.90 Å². The number of furan rings is 1. The summed E-state index contributed by atoms with van der Waals surface area (Å²) in [6.07, 6.45) is 0. The lowest BCUT2D eigenvalue weighted by atomic mass is 9.97. The van der Waals surface area contributed by atoms with Gasteiger partial charge in [-0.15, -0.1) is 11.3 Å². The molecule has 0 unspecified atom stereocenters. The van der Waals surface area contributed by atoms with E-state index in [4.69, 9.17) is 4.42 Å². The zero-order valence-corrected chi connectivity index (χ0v) is 28.3. The second-order valence-corrected chi connectivity index (χ2v) is 14.4. The maximum absolute atomic E-state index is 6.85. The lowest BCUT2D eigenvalue weighted by Crippen LogP contribution is -2.09. The molecule has 0 amide bonds. The Morgan fingerprint density at radius 2 is 0.980 bits per heavy atom. The van der Waals surface area contributed by atoms with Gasteiger partial charge < -0.3 is 9.32 Å². The standard InChI is InChI=1S/C48H29NOS/c1-2-10-30(11-3-1)31-18-21-33(22-19-31)49(34-24-27-44-42(28-34)46-36-13-5-4-12-32(36)20-26-45(46)51-44)35-23-25-41-43(29-35)50-48-40-17-9-7-15-38(40)37-14-6-8-16-39(37)47(41)48/h1-29H. The minimum Gasteiger partial charge on any atom is -0.455 e. The molecule has 0 spiro atoms. The molecule has 0 radical (unpaired) electrons. The summed E-state index contributed by atoms with van der Waals surface area (Å²) in [5, 5.41) is 12.3. The van der Waals surface area contributed by atoms with Gasteiger partial charge in [0.1, 0.15) is 11.2 Å². The van der Waals surface area contributed by atoms with Crippen molar-refractivity contribution in [3.8, 4) is 11.1 Å². The van der Waals surface area contributed by atoms with Crippen molar-refractivity contribution in [2.24, 2.45) is 0 Å². The fourth-order valence-corrected chi connectivity index (χ4v) is 9.19. The van der Waals surface area contributed by atoms with Crippen LogP contribution in [0.5, 0.6) is 0 Å². The Bertz CT molecular complexity index is 3140. The Morgan fingerprint density at radius 1 is 0.373 bits per heavy atom. The molecule has 2 aromatic heterocycles. The van der Waals surface area contributed by atoms with E-state index in [1.807, 2.05) is 11.3 Å². The van der Waals surface area contributed by atoms with Gasteiger partial charge in [0.15, 0.2) is 0 Å². The van der Waals surface area contributed by atoms with Crippen molar-refractivity contribution < 1.29 is 4.42 Å². The first-order valence-electron chi connectivity index (χ1n) is 17.3. The number of benzene rings is 9. The number of hydrogen-bond donors (Lipinski definition) is 0. The fourth-order valence-electron chi connectivity index (χ4n) is 8.09. The van der Waals surface area contributed by atoms with Gasteiger partial charge in [-0.1, -0.05) is 121 Å². The molecule has 0 saturated heterocycles. The number of anilines is 3. The van der Waals surface area contributed by atoms with E-state index in [-0.39, 0.29) is 0 Å². The quantitative estimate of drug-likeness (QED) is 0.174. The molecule has 51 heavy (non-hydrogen) atoms. The van der Waals surface area contributed by atoms with Crippen LogP contribution in [0, 0.1) is 0 Å². The van der Waals surface area contributed by atoms with Crippen molar-refractivity contribution in [1.29, 1.82) is 0 Å². The second kappa shape index (κ2) is 11.0. The number of fused-ring (bicyclic) bond motifs is 13. The maximum atomic E-state index is 6.85. The average Bonchev–Trinajstić information content (AvgIpc) is 3.78. The summed E-state index contributed by atoms with van der Waals surface area (Å²) in [4.78, 5) is 2.37. The van der Waals surface area contributed by atoms with Crippen molar-refractivity contribution in [1.82, 2.24) is 0 Å². The molecule has 11 aromatic rings. The van der Waals surface area contributed by atoms with E-state index in [1.54, 1.807) is 0 Å². The predicted molar refractivity (Wildman–Crippen MR) is 219 cm³/mol. The molecular formula is C48H29NOS. The molecule has 0 aliphatic heterocycles. The van der Waals surface area contributed by atoms with E-state index in [0.717, 1.165) is 39.0 Å². The lowest BCUT2D eigenvalue weighted by Gasteiger charge is -2.26. The molecule has 2 heterocycles. The summed E-state index contributed by atoms with van der Waals surface area (Å²) in [6.45, 7) is 0. The van der Waals surface area contributed by atoms with Crippen LogP contribution in [0.25, 0.3) is 85.6 Å². The largest absolute Gasteiger partial charge is 0.455 e. The molecule has 11 rings (SSSR count). The van der Waals surface area contributed by atoms with E-state index in [2.05, 4.69) is 181 Å². The second-order valence-electron chi connectivity index (χ2n) is 13.3. The van der Waals surface area contributed by atoms with Crippen LogP contribution in [0.15, 0.2) is 180 Å². The first-order valence-corrected chi connectivity index (χ1v) is 18.2. The third-order valence-electron chi connectivity index (χ3n) is 10.4. The van der Waals surface area contributed by atoms with Gasteiger partial charge in [0.2, 0.25) is 0 Å².